The summed E-state index contributed by atoms with van der Waals surface area (Å²) in [4.78, 5) is 10.7. The average molecular weight is 150 g/mol. The zero-order valence-corrected chi connectivity index (χ0v) is 7.18. The SMILES string of the molecule is CC(=O)CC1=CC=C(C)CC1. The van der Waals surface area contributed by atoms with Crippen molar-refractivity contribution < 1.29 is 4.79 Å². The molecule has 0 heterocycles. The fourth-order valence-corrected chi connectivity index (χ4v) is 1.25. The lowest BCUT2D eigenvalue weighted by Crippen LogP contribution is -1.97. The molecule has 0 unspecified atom stereocenters. The van der Waals surface area contributed by atoms with E-state index in [0.29, 0.717) is 6.42 Å². The topological polar surface area (TPSA) is 17.1 Å². The zero-order chi connectivity index (χ0) is 8.27. The van der Waals surface area contributed by atoms with Crippen LogP contribution in [0.15, 0.2) is 23.3 Å². The Labute approximate surface area is 67.8 Å². The van der Waals surface area contributed by atoms with Crippen LogP contribution in [0.25, 0.3) is 0 Å². The lowest BCUT2D eigenvalue weighted by atomic mass is 9.96. The summed E-state index contributed by atoms with van der Waals surface area (Å²) >= 11 is 0. The normalized spacial score (nSPS) is 17.3. The molecule has 0 bridgehead atoms. The van der Waals surface area contributed by atoms with Crippen LogP contribution in [-0.4, -0.2) is 5.78 Å². The van der Waals surface area contributed by atoms with E-state index in [2.05, 4.69) is 19.1 Å². The fourth-order valence-electron chi connectivity index (χ4n) is 1.25. The van der Waals surface area contributed by atoms with Crippen LogP contribution >= 0.6 is 0 Å². The van der Waals surface area contributed by atoms with Crippen LogP contribution in [0.2, 0.25) is 0 Å². The molecule has 0 aromatic rings. The third-order valence-corrected chi connectivity index (χ3v) is 1.92. The van der Waals surface area contributed by atoms with Gasteiger partial charge in [0, 0.05) is 6.42 Å². The fraction of sp³-hybridized carbons (Fsp3) is 0.500. The van der Waals surface area contributed by atoms with Gasteiger partial charge in [0.1, 0.15) is 5.78 Å². The molecular formula is C10H14O. The minimum atomic E-state index is 0.268. The Morgan fingerprint density at radius 1 is 1.45 bits per heavy atom. The van der Waals surface area contributed by atoms with Crippen molar-refractivity contribution in [2.24, 2.45) is 0 Å². The first-order valence-corrected chi connectivity index (χ1v) is 4.03. The highest BCUT2D eigenvalue weighted by atomic mass is 16.1. The smallest absolute Gasteiger partial charge is 0.133 e. The van der Waals surface area contributed by atoms with E-state index < -0.39 is 0 Å². The molecule has 1 heteroatoms. The monoisotopic (exact) mass is 150 g/mol. The zero-order valence-electron chi connectivity index (χ0n) is 7.18. The summed E-state index contributed by atoms with van der Waals surface area (Å²) in [6.07, 6.45) is 7.03. The van der Waals surface area contributed by atoms with E-state index in [1.54, 1.807) is 6.92 Å². The molecule has 0 saturated carbocycles. The van der Waals surface area contributed by atoms with E-state index in [9.17, 15) is 4.79 Å². The molecule has 0 aromatic carbocycles. The first-order chi connectivity index (χ1) is 5.18. The summed E-state index contributed by atoms with van der Waals surface area (Å²) in [5, 5.41) is 0. The van der Waals surface area contributed by atoms with Crippen molar-refractivity contribution in [1.29, 1.82) is 0 Å². The van der Waals surface area contributed by atoms with Crippen molar-refractivity contribution in [1.82, 2.24) is 0 Å². The summed E-state index contributed by atoms with van der Waals surface area (Å²) in [6, 6.07) is 0. The Bertz CT molecular complexity index is 221. The maximum absolute atomic E-state index is 10.7. The molecule has 1 nitrogen and oxygen atoms in total. The molecule has 0 aliphatic heterocycles. The van der Waals surface area contributed by atoms with Crippen molar-refractivity contribution in [2.75, 3.05) is 0 Å². The van der Waals surface area contributed by atoms with Crippen LogP contribution in [0.3, 0.4) is 0 Å². The standard InChI is InChI=1S/C10H14O/c1-8-3-5-10(6-4-8)7-9(2)11/h3,5H,4,6-7H2,1-2H3. The highest BCUT2D eigenvalue weighted by Gasteiger charge is 2.04. The molecule has 1 aliphatic carbocycles. The van der Waals surface area contributed by atoms with Crippen molar-refractivity contribution >= 4 is 5.78 Å². The highest BCUT2D eigenvalue weighted by molar-refractivity contribution is 5.78. The number of rotatable bonds is 2. The van der Waals surface area contributed by atoms with Crippen molar-refractivity contribution in [3.63, 3.8) is 0 Å². The number of allylic oxidation sites excluding steroid dienone is 4. The molecule has 0 aromatic heterocycles. The summed E-state index contributed by atoms with van der Waals surface area (Å²) in [5.41, 5.74) is 2.69. The summed E-state index contributed by atoms with van der Waals surface area (Å²) in [7, 11) is 0. The number of hydrogen-bond donors (Lipinski definition) is 0. The summed E-state index contributed by atoms with van der Waals surface area (Å²) in [6.45, 7) is 3.77. The summed E-state index contributed by atoms with van der Waals surface area (Å²) in [5.74, 6) is 0.268. The average Bonchev–Trinajstić information content (AvgIpc) is 1.93. The molecule has 60 valence electrons. The lowest BCUT2D eigenvalue weighted by molar-refractivity contribution is -0.116. The van der Waals surface area contributed by atoms with Gasteiger partial charge in [-0.15, -0.1) is 0 Å². The third kappa shape index (κ3) is 2.71. The molecular weight excluding hydrogens is 136 g/mol. The maximum atomic E-state index is 10.7. The van der Waals surface area contributed by atoms with E-state index >= 15 is 0 Å². The molecule has 0 amide bonds. The molecule has 0 saturated heterocycles. The van der Waals surface area contributed by atoms with Gasteiger partial charge >= 0.3 is 0 Å². The van der Waals surface area contributed by atoms with Gasteiger partial charge in [0.15, 0.2) is 0 Å². The number of ketones is 1. The Kier molecular flexibility index (Phi) is 2.64. The van der Waals surface area contributed by atoms with Gasteiger partial charge in [-0.05, 0) is 26.7 Å². The van der Waals surface area contributed by atoms with Crippen molar-refractivity contribution in [3.05, 3.63) is 23.3 Å². The van der Waals surface area contributed by atoms with Crippen LogP contribution < -0.4 is 0 Å². The van der Waals surface area contributed by atoms with Crippen LogP contribution in [0.1, 0.15) is 33.1 Å². The molecule has 0 atom stereocenters. The summed E-state index contributed by atoms with van der Waals surface area (Å²) < 4.78 is 0. The van der Waals surface area contributed by atoms with Gasteiger partial charge in [-0.1, -0.05) is 23.3 Å². The van der Waals surface area contributed by atoms with Crippen LogP contribution in [0, 0.1) is 0 Å². The largest absolute Gasteiger partial charge is 0.300 e. The van der Waals surface area contributed by atoms with Crippen LogP contribution in [0.4, 0.5) is 0 Å². The molecule has 0 radical (unpaired) electrons. The van der Waals surface area contributed by atoms with Crippen molar-refractivity contribution in [3.8, 4) is 0 Å². The second-order valence-electron chi connectivity index (χ2n) is 3.22. The lowest BCUT2D eigenvalue weighted by Gasteiger charge is -2.09. The van der Waals surface area contributed by atoms with Crippen molar-refractivity contribution in [2.45, 2.75) is 33.1 Å². The maximum Gasteiger partial charge on any atom is 0.133 e. The molecule has 1 aliphatic rings. The Morgan fingerprint density at radius 3 is 2.64 bits per heavy atom. The predicted molar refractivity (Wildman–Crippen MR) is 46.4 cm³/mol. The van der Waals surface area contributed by atoms with Gasteiger partial charge in [0.2, 0.25) is 0 Å². The first-order valence-electron chi connectivity index (χ1n) is 4.03. The van der Waals surface area contributed by atoms with Gasteiger partial charge in [0.05, 0.1) is 0 Å². The number of carbonyl (C=O) groups excluding carboxylic acids is 1. The van der Waals surface area contributed by atoms with Crippen LogP contribution in [-0.2, 0) is 4.79 Å². The van der Waals surface area contributed by atoms with E-state index in [1.807, 2.05) is 0 Å². The molecule has 1 rings (SSSR count). The van der Waals surface area contributed by atoms with Crippen LogP contribution in [0.5, 0.6) is 0 Å². The minimum absolute atomic E-state index is 0.268. The van der Waals surface area contributed by atoms with E-state index in [1.165, 1.54) is 11.1 Å². The van der Waals surface area contributed by atoms with E-state index in [4.69, 9.17) is 0 Å². The Morgan fingerprint density at radius 2 is 2.18 bits per heavy atom. The number of hydrogen-bond acceptors (Lipinski definition) is 1. The van der Waals surface area contributed by atoms with E-state index in [-0.39, 0.29) is 5.78 Å². The Hall–Kier alpha value is -0.850. The quantitative estimate of drug-likeness (QED) is 0.591. The van der Waals surface area contributed by atoms with Gasteiger partial charge in [-0.2, -0.15) is 0 Å². The predicted octanol–water partition coefficient (Wildman–Crippen LogP) is 2.63. The first kappa shape index (κ1) is 8.25. The van der Waals surface area contributed by atoms with Gasteiger partial charge in [-0.3, -0.25) is 4.79 Å². The van der Waals surface area contributed by atoms with Gasteiger partial charge in [0.25, 0.3) is 0 Å². The van der Waals surface area contributed by atoms with Gasteiger partial charge in [-0.25, -0.2) is 0 Å². The second kappa shape index (κ2) is 3.51. The number of carbonyl (C=O) groups is 1. The van der Waals surface area contributed by atoms with Gasteiger partial charge < -0.3 is 0 Å². The third-order valence-electron chi connectivity index (χ3n) is 1.92. The Balaban J connectivity index is 2.54. The molecule has 0 spiro atoms. The highest BCUT2D eigenvalue weighted by Crippen LogP contribution is 2.19. The minimum Gasteiger partial charge on any atom is -0.300 e. The molecule has 0 N–H and O–H groups in total. The number of Topliss-reactive ketones (excluding diaryl/α,β-unsaturated/α-hetero) is 1. The molecule has 11 heavy (non-hydrogen) atoms. The van der Waals surface area contributed by atoms with E-state index in [0.717, 1.165) is 12.8 Å². The second-order valence-corrected chi connectivity index (χ2v) is 3.22. The molecule has 0 fully saturated rings.